The summed E-state index contributed by atoms with van der Waals surface area (Å²) in [7, 11) is 0. The number of nitrogens with one attached hydrogen (secondary N) is 1. The smallest absolute Gasteiger partial charge is 0.291 e. The minimum Gasteiger partial charge on any atom is -0.355 e. The SMILES string of the molecule is CCCNC(=O)Cn1nc(CC)n2c(cc3sccc32)c1=O. The van der Waals surface area contributed by atoms with Crippen molar-refractivity contribution in [1.29, 1.82) is 0 Å². The van der Waals surface area contributed by atoms with Crippen LogP contribution in [-0.4, -0.2) is 26.6 Å². The fourth-order valence-electron chi connectivity index (χ4n) is 2.51. The van der Waals surface area contributed by atoms with E-state index in [-0.39, 0.29) is 18.0 Å². The van der Waals surface area contributed by atoms with Crippen LogP contribution in [0.4, 0.5) is 0 Å². The Bertz CT molecular complexity index is 890. The summed E-state index contributed by atoms with van der Waals surface area (Å²) in [5, 5.41) is 9.15. The average Bonchev–Trinajstić information content (AvgIpc) is 3.09. The second-order valence-electron chi connectivity index (χ2n) is 5.12. The molecule has 0 atom stereocenters. The van der Waals surface area contributed by atoms with Crippen molar-refractivity contribution in [2.75, 3.05) is 6.54 Å². The zero-order valence-corrected chi connectivity index (χ0v) is 13.4. The number of aromatic nitrogens is 3. The molecule has 22 heavy (non-hydrogen) atoms. The first kappa shape index (κ1) is 14.8. The van der Waals surface area contributed by atoms with Gasteiger partial charge in [-0.3, -0.25) is 14.0 Å². The Labute approximate surface area is 131 Å². The largest absolute Gasteiger partial charge is 0.355 e. The minimum atomic E-state index is -0.229. The van der Waals surface area contributed by atoms with Crippen LogP contribution in [0.1, 0.15) is 26.1 Å². The Morgan fingerprint density at radius 2 is 2.18 bits per heavy atom. The Hall–Kier alpha value is -2.15. The van der Waals surface area contributed by atoms with Gasteiger partial charge in [0.25, 0.3) is 5.56 Å². The Morgan fingerprint density at radius 1 is 1.36 bits per heavy atom. The highest BCUT2D eigenvalue weighted by molar-refractivity contribution is 7.17. The molecule has 3 rings (SSSR count). The molecule has 0 aliphatic heterocycles. The van der Waals surface area contributed by atoms with Crippen LogP contribution in [0, 0.1) is 0 Å². The normalized spacial score (nSPS) is 11.4. The number of hydrogen-bond donors (Lipinski definition) is 1. The maximum Gasteiger partial charge on any atom is 0.291 e. The lowest BCUT2D eigenvalue weighted by Gasteiger charge is -2.10. The summed E-state index contributed by atoms with van der Waals surface area (Å²) in [5.41, 5.74) is 1.35. The van der Waals surface area contributed by atoms with Gasteiger partial charge in [0, 0.05) is 13.0 Å². The lowest BCUT2D eigenvalue weighted by Crippen LogP contribution is -2.35. The molecular weight excluding hydrogens is 300 g/mol. The van der Waals surface area contributed by atoms with E-state index in [0.29, 0.717) is 18.5 Å². The van der Waals surface area contributed by atoms with Gasteiger partial charge in [-0.1, -0.05) is 13.8 Å². The lowest BCUT2D eigenvalue weighted by atomic mass is 10.4. The van der Waals surface area contributed by atoms with Crippen molar-refractivity contribution in [2.45, 2.75) is 33.2 Å². The number of nitrogens with zero attached hydrogens (tertiary/aromatic N) is 3. The lowest BCUT2D eigenvalue weighted by molar-refractivity contribution is -0.121. The van der Waals surface area contributed by atoms with Crippen LogP contribution in [0.25, 0.3) is 15.7 Å². The van der Waals surface area contributed by atoms with Crippen LogP contribution in [0.3, 0.4) is 0 Å². The summed E-state index contributed by atoms with van der Waals surface area (Å²) >= 11 is 1.60. The predicted molar refractivity (Wildman–Crippen MR) is 87.5 cm³/mol. The van der Waals surface area contributed by atoms with E-state index in [4.69, 9.17) is 0 Å². The zero-order chi connectivity index (χ0) is 15.7. The van der Waals surface area contributed by atoms with Gasteiger partial charge in [-0.2, -0.15) is 5.10 Å². The zero-order valence-electron chi connectivity index (χ0n) is 12.6. The van der Waals surface area contributed by atoms with Crippen molar-refractivity contribution in [1.82, 2.24) is 19.5 Å². The quantitative estimate of drug-likeness (QED) is 0.780. The predicted octanol–water partition coefficient (Wildman–Crippen LogP) is 1.80. The third-order valence-corrected chi connectivity index (χ3v) is 4.41. The summed E-state index contributed by atoms with van der Waals surface area (Å²) in [6, 6.07) is 3.87. The first-order valence-corrected chi connectivity index (χ1v) is 8.29. The molecule has 0 fully saturated rings. The van der Waals surface area contributed by atoms with Gasteiger partial charge in [-0.15, -0.1) is 11.3 Å². The molecule has 7 heteroatoms. The summed E-state index contributed by atoms with van der Waals surface area (Å²) in [4.78, 5) is 24.4. The van der Waals surface area contributed by atoms with Gasteiger partial charge in [-0.05, 0) is 23.9 Å². The highest BCUT2D eigenvalue weighted by atomic mass is 32.1. The van der Waals surface area contributed by atoms with Gasteiger partial charge in [0.15, 0.2) is 0 Å². The third kappa shape index (κ3) is 2.41. The van der Waals surface area contributed by atoms with Crippen molar-refractivity contribution in [3.05, 3.63) is 33.7 Å². The number of hydrogen-bond acceptors (Lipinski definition) is 4. The van der Waals surface area contributed by atoms with Crippen LogP contribution >= 0.6 is 11.3 Å². The van der Waals surface area contributed by atoms with Gasteiger partial charge >= 0.3 is 0 Å². The third-order valence-electron chi connectivity index (χ3n) is 3.55. The maximum absolute atomic E-state index is 12.6. The van der Waals surface area contributed by atoms with Crippen molar-refractivity contribution >= 4 is 33.0 Å². The first-order valence-electron chi connectivity index (χ1n) is 7.41. The maximum atomic E-state index is 12.6. The van der Waals surface area contributed by atoms with Gasteiger partial charge in [0.2, 0.25) is 5.91 Å². The molecule has 0 aliphatic rings. The number of carbonyl (C=O) groups is 1. The number of rotatable bonds is 5. The number of carbonyl (C=O) groups excluding carboxylic acids is 1. The highest BCUT2D eigenvalue weighted by Gasteiger charge is 2.15. The van der Waals surface area contributed by atoms with E-state index >= 15 is 0 Å². The van der Waals surface area contributed by atoms with E-state index < -0.39 is 0 Å². The number of aryl methyl sites for hydroxylation is 1. The van der Waals surface area contributed by atoms with E-state index in [1.807, 2.05) is 35.8 Å². The molecule has 0 unspecified atom stereocenters. The van der Waals surface area contributed by atoms with Gasteiger partial charge in [0.05, 0.1) is 10.2 Å². The molecule has 3 heterocycles. The summed E-state index contributed by atoms with van der Waals surface area (Å²) in [5.74, 6) is 0.600. The van der Waals surface area contributed by atoms with Crippen molar-refractivity contribution in [3.63, 3.8) is 0 Å². The molecule has 6 nitrogen and oxygen atoms in total. The summed E-state index contributed by atoms with van der Waals surface area (Å²) < 4.78 is 4.22. The molecule has 0 saturated heterocycles. The van der Waals surface area contributed by atoms with Gasteiger partial charge in [0.1, 0.15) is 17.9 Å². The van der Waals surface area contributed by atoms with Crippen LogP contribution in [0.2, 0.25) is 0 Å². The van der Waals surface area contributed by atoms with Crippen LogP contribution < -0.4 is 10.9 Å². The molecular formula is C15H18N4O2S. The average molecular weight is 318 g/mol. The molecule has 0 aromatic carbocycles. The fourth-order valence-corrected chi connectivity index (χ4v) is 3.32. The van der Waals surface area contributed by atoms with Gasteiger partial charge < -0.3 is 5.32 Å². The number of amides is 1. The van der Waals surface area contributed by atoms with E-state index in [2.05, 4.69) is 10.4 Å². The van der Waals surface area contributed by atoms with Crippen molar-refractivity contribution in [3.8, 4) is 0 Å². The summed E-state index contributed by atoms with van der Waals surface area (Å²) in [6.07, 6.45) is 1.55. The molecule has 0 saturated carbocycles. The van der Waals surface area contributed by atoms with Crippen molar-refractivity contribution in [2.24, 2.45) is 0 Å². The number of fused-ring (bicyclic) bond motifs is 3. The fraction of sp³-hybridized carbons (Fsp3) is 0.400. The van der Waals surface area contributed by atoms with E-state index in [1.54, 1.807) is 11.3 Å². The molecule has 0 radical (unpaired) electrons. The van der Waals surface area contributed by atoms with Gasteiger partial charge in [-0.25, -0.2) is 4.68 Å². The monoisotopic (exact) mass is 318 g/mol. The molecule has 3 aromatic rings. The summed E-state index contributed by atoms with van der Waals surface area (Å²) in [6.45, 7) is 4.55. The second-order valence-corrected chi connectivity index (χ2v) is 6.07. The molecule has 1 N–H and O–H groups in total. The standard InChI is InChI=1S/C15H18N4O2S/c1-3-6-16-14(20)9-18-15(21)11-8-12-10(5-7-22-12)19(11)13(4-2)17-18/h5,7-8H,3-4,6,9H2,1-2H3,(H,16,20). The second kappa shape index (κ2) is 5.92. The van der Waals surface area contributed by atoms with Crippen LogP contribution in [-0.2, 0) is 17.8 Å². The molecule has 116 valence electrons. The molecule has 0 aliphatic carbocycles. The molecule has 0 spiro atoms. The Morgan fingerprint density at radius 3 is 2.91 bits per heavy atom. The molecule has 3 aromatic heterocycles. The van der Waals surface area contributed by atoms with Crippen LogP contribution in [0.5, 0.6) is 0 Å². The minimum absolute atomic E-state index is 0.0405. The topological polar surface area (TPSA) is 68.4 Å². The first-order chi connectivity index (χ1) is 10.7. The van der Waals surface area contributed by atoms with E-state index in [1.165, 1.54) is 4.68 Å². The highest BCUT2D eigenvalue weighted by Crippen LogP contribution is 2.24. The van der Waals surface area contributed by atoms with E-state index in [0.717, 1.165) is 22.5 Å². The Balaban J connectivity index is 2.10. The Kier molecular flexibility index (Phi) is 3.98. The van der Waals surface area contributed by atoms with Crippen molar-refractivity contribution < 1.29 is 4.79 Å². The van der Waals surface area contributed by atoms with Crippen LogP contribution in [0.15, 0.2) is 22.3 Å². The van der Waals surface area contributed by atoms with E-state index in [9.17, 15) is 9.59 Å². The molecule has 0 bridgehead atoms. The molecule has 1 amide bonds. The number of thiophene rings is 1.